The molecule has 0 aromatic rings. The molecule has 2 aliphatic heterocycles. The van der Waals surface area contributed by atoms with Gasteiger partial charge in [-0.05, 0) is 74.9 Å². The van der Waals surface area contributed by atoms with E-state index in [4.69, 9.17) is 0 Å². The summed E-state index contributed by atoms with van der Waals surface area (Å²) in [5.74, 6) is 2.93. The molecule has 3 rings (SSSR count). The van der Waals surface area contributed by atoms with Crippen LogP contribution in [-0.2, 0) is 0 Å². The zero-order valence-electron chi connectivity index (χ0n) is 13.8. The van der Waals surface area contributed by atoms with Crippen molar-refractivity contribution in [2.75, 3.05) is 26.2 Å². The number of nitrogens with one attached hydrogen (secondary N) is 1. The van der Waals surface area contributed by atoms with E-state index in [1.54, 1.807) is 0 Å². The maximum atomic E-state index is 3.83. The van der Waals surface area contributed by atoms with Crippen LogP contribution in [0.2, 0.25) is 0 Å². The van der Waals surface area contributed by atoms with E-state index in [-0.39, 0.29) is 0 Å². The van der Waals surface area contributed by atoms with Gasteiger partial charge in [-0.2, -0.15) is 0 Å². The molecule has 0 aromatic carbocycles. The lowest BCUT2D eigenvalue weighted by Crippen LogP contribution is -2.41. The van der Waals surface area contributed by atoms with Crippen LogP contribution in [0.4, 0.5) is 0 Å². The number of rotatable bonds is 2. The van der Waals surface area contributed by atoms with E-state index in [0.29, 0.717) is 5.41 Å². The summed E-state index contributed by atoms with van der Waals surface area (Å²) in [7, 11) is 0. The zero-order valence-corrected chi connectivity index (χ0v) is 13.8. The molecular formula is C18H34N2. The van der Waals surface area contributed by atoms with Gasteiger partial charge in [-0.1, -0.05) is 27.2 Å². The molecule has 2 saturated heterocycles. The lowest BCUT2D eigenvalue weighted by molar-refractivity contribution is 0.198. The molecule has 2 heterocycles. The topological polar surface area (TPSA) is 15.3 Å². The van der Waals surface area contributed by atoms with Crippen molar-refractivity contribution in [2.24, 2.45) is 23.2 Å². The van der Waals surface area contributed by atoms with Gasteiger partial charge in [-0.25, -0.2) is 0 Å². The zero-order chi connectivity index (χ0) is 14.2. The van der Waals surface area contributed by atoms with E-state index in [0.717, 1.165) is 23.8 Å². The molecule has 4 atom stereocenters. The second-order valence-corrected chi connectivity index (χ2v) is 8.66. The SMILES string of the molecule is CC(C)(C)C1CCCN(CC2NCC3CCCC32)CC1. The van der Waals surface area contributed by atoms with E-state index in [2.05, 4.69) is 31.0 Å². The fraction of sp³-hybridized carbons (Fsp3) is 1.00. The third-order valence-corrected chi connectivity index (χ3v) is 6.38. The Morgan fingerprint density at radius 3 is 2.65 bits per heavy atom. The average molecular weight is 278 g/mol. The molecule has 3 aliphatic rings. The largest absolute Gasteiger partial charge is 0.312 e. The first kappa shape index (κ1) is 14.8. The highest BCUT2D eigenvalue weighted by molar-refractivity contribution is 4.95. The molecule has 1 aliphatic carbocycles. The van der Waals surface area contributed by atoms with E-state index in [9.17, 15) is 0 Å². The van der Waals surface area contributed by atoms with Crippen molar-refractivity contribution < 1.29 is 0 Å². The van der Waals surface area contributed by atoms with Crippen LogP contribution >= 0.6 is 0 Å². The Morgan fingerprint density at radius 1 is 1.00 bits per heavy atom. The number of fused-ring (bicyclic) bond motifs is 1. The molecule has 1 saturated carbocycles. The summed E-state index contributed by atoms with van der Waals surface area (Å²) in [5, 5.41) is 3.83. The second kappa shape index (κ2) is 5.96. The molecule has 116 valence electrons. The van der Waals surface area contributed by atoms with Crippen LogP contribution in [0.15, 0.2) is 0 Å². The summed E-state index contributed by atoms with van der Waals surface area (Å²) in [4.78, 5) is 2.77. The fourth-order valence-electron chi connectivity index (χ4n) is 4.99. The van der Waals surface area contributed by atoms with Gasteiger partial charge in [-0.15, -0.1) is 0 Å². The van der Waals surface area contributed by atoms with Crippen molar-refractivity contribution in [1.29, 1.82) is 0 Å². The number of hydrogen-bond acceptors (Lipinski definition) is 2. The van der Waals surface area contributed by atoms with Crippen molar-refractivity contribution in [2.45, 2.75) is 65.3 Å². The molecule has 3 fully saturated rings. The number of likely N-dealkylation sites (tertiary alicyclic amines) is 1. The Kier molecular flexibility index (Phi) is 4.42. The standard InChI is InChI=1S/C18H34N2/c1-18(2,3)15-7-5-10-20(11-9-15)13-17-16-8-4-6-14(16)12-19-17/h14-17,19H,4-13H2,1-3H3. The van der Waals surface area contributed by atoms with Crippen LogP contribution in [0.3, 0.4) is 0 Å². The van der Waals surface area contributed by atoms with Gasteiger partial charge in [-0.3, -0.25) is 0 Å². The van der Waals surface area contributed by atoms with Crippen LogP contribution in [0.5, 0.6) is 0 Å². The van der Waals surface area contributed by atoms with E-state index >= 15 is 0 Å². The first-order valence-electron chi connectivity index (χ1n) is 9.00. The Labute approximate surface area is 125 Å². The predicted molar refractivity (Wildman–Crippen MR) is 85.9 cm³/mol. The average Bonchev–Trinajstić information content (AvgIpc) is 2.88. The molecule has 1 N–H and O–H groups in total. The molecule has 4 unspecified atom stereocenters. The van der Waals surface area contributed by atoms with Crippen molar-refractivity contribution in [3.63, 3.8) is 0 Å². The van der Waals surface area contributed by atoms with Crippen LogP contribution in [0, 0.1) is 23.2 Å². The third kappa shape index (κ3) is 3.22. The number of nitrogens with zero attached hydrogens (tertiary/aromatic N) is 1. The summed E-state index contributed by atoms with van der Waals surface area (Å²) in [6.45, 7) is 12.6. The van der Waals surface area contributed by atoms with Gasteiger partial charge in [0.15, 0.2) is 0 Å². The van der Waals surface area contributed by atoms with Gasteiger partial charge < -0.3 is 10.2 Å². The molecule has 2 nitrogen and oxygen atoms in total. The molecule has 0 radical (unpaired) electrons. The van der Waals surface area contributed by atoms with Crippen molar-refractivity contribution in [3.8, 4) is 0 Å². The summed E-state index contributed by atoms with van der Waals surface area (Å²) >= 11 is 0. The minimum Gasteiger partial charge on any atom is -0.312 e. The molecule has 0 bridgehead atoms. The summed E-state index contributed by atoms with van der Waals surface area (Å²) in [5.41, 5.74) is 0.498. The molecule has 2 heteroatoms. The second-order valence-electron chi connectivity index (χ2n) is 8.66. The highest BCUT2D eigenvalue weighted by Crippen LogP contribution is 2.38. The smallest absolute Gasteiger partial charge is 0.0226 e. The molecule has 20 heavy (non-hydrogen) atoms. The summed E-state index contributed by atoms with van der Waals surface area (Å²) in [6, 6.07) is 0.800. The summed E-state index contributed by atoms with van der Waals surface area (Å²) in [6.07, 6.45) is 8.71. The molecule has 0 spiro atoms. The molecule has 0 amide bonds. The molecule has 0 aromatic heterocycles. The fourth-order valence-corrected chi connectivity index (χ4v) is 4.99. The Balaban J connectivity index is 1.51. The monoisotopic (exact) mass is 278 g/mol. The maximum absolute atomic E-state index is 3.83. The van der Waals surface area contributed by atoms with Crippen LogP contribution in [0.25, 0.3) is 0 Å². The van der Waals surface area contributed by atoms with Gasteiger partial charge in [0.1, 0.15) is 0 Å². The van der Waals surface area contributed by atoms with Crippen LogP contribution < -0.4 is 5.32 Å². The van der Waals surface area contributed by atoms with Gasteiger partial charge in [0.2, 0.25) is 0 Å². The first-order valence-corrected chi connectivity index (χ1v) is 9.00. The Bertz CT molecular complexity index is 320. The third-order valence-electron chi connectivity index (χ3n) is 6.38. The lowest BCUT2D eigenvalue weighted by atomic mass is 9.77. The van der Waals surface area contributed by atoms with Gasteiger partial charge >= 0.3 is 0 Å². The van der Waals surface area contributed by atoms with Gasteiger partial charge in [0, 0.05) is 12.6 Å². The van der Waals surface area contributed by atoms with Crippen molar-refractivity contribution >= 4 is 0 Å². The highest BCUT2D eigenvalue weighted by Gasteiger charge is 2.39. The van der Waals surface area contributed by atoms with Gasteiger partial charge in [0.25, 0.3) is 0 Å². The quantitative estimate of drug-likeness (QED) is 0.831. The first-order chi connectivity index (χ1) is 9.54. The minimum absolute atomic E-state index is 0.498. The van der Waals surface area contributed by atoms with Crippen LogP contribution in [-0.4, -0.2) is 37.1 Å². The predicted octanol–water partition coefficient (Wildman–Crippen LogP) is 3.52. The molecular weight excluding hydrogens is 244 g/mol. The number of hydrogen-bond donors (Lipinski definition) is 1. The highest BCUT2D eigenvalue weighted by atomic mass is 15.2. The Hall–Kier alpha value is -0.0800. The lowest BCUT2D eigenvalue weighted by Gasteiger charge is -2.30. The van der Waals surface area contributed by atoms with Crippen molar-refractivity contribution in [3.05, 3.63) is 0 Å². The minimum atomic E-state index is 0.498. The van der Waals surface area contributed by atoms with E-state index < -0.39 is 0 Å². The van der Waals surface area contributed by atoms with Crippen molar-refractivity contribution in [1.82, 2.24) is 10.2 Å². The van der Waals surface area contributed by atoms with E-state index in [1.165, 1.54) is 64.7 Å². The van der Waals surface area contributed by atoms with Crippen LogP contribution in [0.1, 0.15) is 59.3 Å². The normalized spacial score (nSPS) is 39.8. The maximum Gasteiger partial charge on any atom is 0.0226 e. The Morgan fingerprint density at radius 2 is 1.85 bits per heavy atom. The van der Waals surface area contributed by atoms with E-state index in [1.807, 2.05) is 0 Å². The van der Waals surface area contributed by atoms with Gasteiger partial charge in [0.05, 0.1) is 0 Å². The summed E-state index contributed by atoms with van der Waals surface area (Å²) < 4.78 is 0.